The molecule has 1 N–H and O–H groups in total. The van der Waals surface area contributed by atoms with Crippen molar-refractivity contribution < 1.29 is 13.2 Å². The second kappa shape index (κ2) is 8.41. The normalized spacial score (nSPS) is 16.5. The zero-order chi connectivity index (χ0) is 17.2. The highest BCUT2D eigenvalue weighted by Crippen LogP contribution is 2.21. The number of carbonyl (C=O) groups is 1. The molecule has 1 saturated heterocycles. The van der Waals surface area contributed by atoms with Gasteiger partial charge in [-0.25, -0.2) is 13.4 Å². The number of para-hydroxylation sites is 1. The third-order valence-corrected chi connectivity index (χ3v) is 6.34. The molecule has 1 amide bonds. The Morgan fingerprint density at radius 1 is 1.24 bits per heavy atom. The molecule has 0 saturated carbocycles. The first kappa shape index (κ1) is 20.1. The zero-order valence-electron chi connectivity index (χ0n) is 13.8. The molecule has 7 nitrogen and oxygen atoms in total. The van der Waals surface area contributed by atoms with Gasteiger partial charge in [-0.3, -0.25) is 9.69 Å². The van der Waals surface area contributed by atoms with Gasteiger partial charge in [-0.2, -0.15) is 4.31 Å². The number of carbonyl (C=O) groups excluding carboxylic acids is 1. The number of piperazine rings is 1. The van der Waals surface area contributed by atoms with Crippen molar-refractivity contribution in [1.29, 1.82) is 0 Å². The van der Waals surface area contributed by atoms with E-state index in [2.05, 4.69) is 15.2 Å². The second-order valence-corrected chi connectivity index (χ2v) is 8.76. The predicted octanol–water partition coefficient (Wildman–Crippen LogP) is 1.03. The summed E-state index contributed by atoms with van der Waals surface area (Å²) >= 11 is 1.38. The molecule has 0 bridgehead atoms. The molecule has 0 aliphatic carbocycles. The van der Waals surface area contributed by atoms with Crippen LogP contribution in [-0.4, -0.2) is 74.0 Å². The molecule has 1 fully saturated rings. The van der Waals surface area contributed by atoms with Gasteiger partial charge in [0, 0.05) is 39.3 Å². The first-order chi connectivity index (χ1) is 11.4. The van der Waals surface area contributed by atoms with E-state index in [0.29, 0.717) is 44.3 Å². The van der Waals surface area contributed by atoms with Crippen molar-refractivity contribution in [1.82, 2.24) is 19.5 Å². The number of halogens is 1. The van der Waals surface area contributed by atoms with E-state index >= 15 is 0 Å². The highest BCUT2D eigenvalue weighted by atomic mass is 35.5. The fourth-order valence-electron chi connectivity index (χ4n) is 2.66. The van der Waals surface area contributed by atoms with Crippen LogP contribution >= 0.6 is 23.7 Å². The highest BCUT2D eigenvalue weighted by Gasteiger charge is 2.23. The Balaban J connectivity index is 0.00000225. The van der Waals surface area contributed by atoms with Crippen molar-refractivity contribution in [2.24, 2.45) is 0 Å². The van der Waals surface area contributed by atoms with Crippen molar-refractivity contribution in [3.63, 3.8) is 0 Å². The predicted molar refractivity (Wildman–Crippen MR) is 102 cm³/mol. The van der Waals surface area contributed by atoms with Gasteiger partial charge >= 0.3 is 0 Å². The Kier molecular flexibility index (Phi) is 6.75. The van der Waals surface area contributed by atoms with Gasteiger partial charge in [0.05, 0.1) is 16.5 Å². The maximum atomic E-state index is 12.2. The Morgan fingerprint density at radius 2 is 1.92 bits per heavy atom. The summed E-state index contributed by atoms with van der Waals surface area (Å²) in [5, 5.41) is 3.35. The van der Waals surface area contributed by atoms with Crippen LogP contribution in [0.25, 0.3) is 10.2 Å². The van der Waals surface area contributed by atoms with Gasteiger partial charge in [-0.05, 0) is 12.1 Å². The van der Waals surface area contributed by atoms with E-state index in [1.807, 2.05) is 24.3 Å². The van der Waals surface area contributed by atoms with Crippen molar-refractivity contribution in [2.75, 3.05) is 45.5 Å². The molecule has 1 aliphatic rings. The number of benzene rings is 1. The quantitative estimate of drug-likeness (QED) is 0.804. The summed E-state index contributed by atoms with van der Waals surface area (Å²) in [5.41, 5.74) is 0.838. The van der Waals surface area contributed by atoms with E-state index in [0.717, 1.165) is 10.2 Å². The van der Waals surface area contributed by atoms with Crippen LogP contribution in [0.2, 0.25) is 0 Å². The number of aromatic nitrogens is 1. The van der Waals surface area contributed by atoms with Crippen LogP contribution in [0.4, 0.5) is 0 Å². The van der Waals surface area contributed by atoms with E-state index < -0.39 is 10.0 Å². The molecule has 10 heteroatoms. The fraction of sp³-hybridized carbons (Fsp3) is 0.467. The van der Waals surface area contributed by atoms with Crippen LogP contribution in [0.5, 0.6) is 0 Å². The van der Waals surface area contributed by atoms with Crippen LogP contribution in [0.3, 0.4) is 0 Å². The van der Waals surface area contributed by atoms with Gasteiger partial charge in [0.1, 0.15) is 0 Å². The second-order valence-electron chi connectivity index (χ2n) is 5.75. The summed E-state index contributed by atoms with van der Waals surface area (Å²) in [7, 11) is -3.10. The lowest BCUT2D eigenvalue weighted by molar-refractivity contribution is 0.0945. The lowest BCUT2D eigenvalue weighted by Crippen LogP contribution is -2.49. The van der Waals surface area contributed by atoms with E-state index in [4.69, 9.17) is 0 Å². The van der Waals surface area contributed by atoms with Crippen LogP contribution in [-0.2, 0) is 10.0 Å². The molecule has 2 aromatic rings. The SMILES string of the molecule is CS(=O)(=O)N1CCN(CCNC(=O)c2nc3ccccc3s2)CC1.Cl. The molecule has 0 radical (unpaired) electrons. The highest BCUT2D eigenvalue weighted by molar-refractivity contribution is 7.88. The third-order valence-electron chi connectivity index (χ3n) is 4.00. The van der Waals surface area contributed by atoms with Gasteiger partial charge < -0.3 is 5.32 Å². The van der Waals surface area contributed by atoms with Crippen LogP contribution in [0.15, 0.2) is 24.3 Å². The molecule has 0 spiro atoms. The van der Waals surface area contributed by atoms with E-state index in [-0.39, 0.29) is 18.3 Å². The molecule has 2 heterocycles. The Labute approximate surface area is 157 Å². The number of hydrogen-bond donors (Lipinski definition) is 1. The molecule has 0 unspecified atom stereocenters. The molecule has 1 aliphatic heterocycles. The number of thiazole rings is 1. The van der Waals surface area contributed by atoms with Gasteiger partial charge in [0.25, 0.3) is 5.91 Å². The number of nitrogens with one attached hydrogen (secondary N) is 1. The van der Waals surface area contributed by atoms with Crippen molar-refractivity contribution in [2.45, 2.75) is 0 Å². The summed E-state index contributed by atoms with van der Waals surface area (Å²) in [6, 6.07) is 7.67. The maximum absolute atomic E-state index is 12.2. The summed E-state index contributed by atoms with van der Waals surface area (Å²) in [4.78, 5) is 18.7. The van der Waals surface area contributed by atoms with Crippen LogP contribution in [0, 0.1) is 0 Å². The zero-order valence-corrected chi connectivity index (χ0v) is 16.3. The molecule has 1 aromatic heterocycles. The summed E-state index contributed by atoms with van der Waals surface area (Å²) in [6.07, 6.45) is 1.24. The first-order valence-corrected chi connectivity index (χ1v) is 10.4. The topological polar surface area (TPSA) is 82.6 Å². The number of rotatable bonds is 5. The minimum atomic E-state index is -3.10. The lowest BCUT2D eigenvalue weighted by atomic mass is 10.3. The van der Waals surface area contributed by atoms with Crippen molar-refractivity contribution in [3.05, 3.63) is 29.3 Å². The third kappa shape index (κ3) is 5.11. The van der Waals surface area contributed by atoms with Gasteiger partial charge in [-0.15, -0.1) is 23.7 Å². The molecule has 138 valence electrons. The minimum Gasteiger partial charge on any atom is -0.349 e. The fourth-order valence-corrected chi connectivity index (χ4v) is 4.37. The number of nitrogens with zero attached hydrogens (tertiary/aromatic N) is 3. The Morgan fingerprint density at radius 3 is 2.56 bits per heavy atom. The van der Waals surface area contributed by atoms with Crippen molar-refractivity contribution in [3.8, 4) is 0 Å². The number of sulfonamides is 1. The van der Waals surface area contributed by atoms with Gasteiger partial charge in [-0.1, -0.05) is 12.1 Å². The molecular formula is C15H21ClN4O3S2. The van der Waals surface area contributed by atoms with Gasteiger partial charge in [0.15, 0.2) is 5.01 Å². The Hall–Kier alpha value is -1.26. The van der Waals surface area contributed by atoms with Crippen molar-refractivity contribution >= 4 is 49.9 Å². The molecule has 3 rings (SSSR count). The number of hydrogen-bond acceptors (Lipinski definition) is 6. The van der Waals surface area contributed by atoms with Gasteiger partial charge in [0.2, 0.25) is 10.0 Å². The minimum absolute atomic E-state index is 0. The Bertz CT molecular complexity index is 799. The average molecular weight is 405 g/mol. The lowest BCUT2D eigenvalue weighted by Gasteiger charge is -2.33. The van der Waals surface area contributed by atoms with E-state index in [9.17, 15) is 13.2 Å². The summed E-state index contributed by atoms with van der Waals surface area (Å²) in [6.45, 7) is 3.60. The number of fused-ring (bicyclic) bond motifs is 1. The van der Waals surface area contributed by atoms with Crippen LogP contribution in [0.1, 0.15) is 9.80 Å². The molecule has 1 aromatic carbocycles. The summed E-state index contributed by atoms with van der Waals surface area (Å²) in [5.74, 6) is -0.161. The monoisotopic (exact) mass is 404 g/mol. The summed E-state index contributed by atoms with van der Waals surface area (Å²) < 4.78 is 25.4. The first-order valence-electron chi connectivity index (χ1n) is 7.75. The maximum Gasteiger partial charge on any atom is 0.280 e. The molecule has 25 heavy (non-hydrogen) atoms. The molecule has 0 atom stereocenters. The van der Waals surface area contributed by atoms with E-state index in [1.165, 1.54) is 21.9 Å². The largest absolute Gasteiger partial charge is 0.349 e. The van der Waals surface area contributed by atoms with E-state index in [1.54, 1.807) is 0 Å². The number of amides is 1. The average Bonchev–Trinajstić information content (AvgIpc) is 2.98. The molecular weight excluding hydrogens is 384 g/mol. The van der Waals surface area contributed by atoms with Crippen LogP contribution < -0.4 is 5.32 Å². The smallest absolute Gasteiger partial charge is 0.280 e. The standard InChI is InChI=1S/C15H20N4O3S2.ClH/c1-24(21,22)19-10-8-18(9-11-19)7-6-16-14(20)15-17-12-4-2-3-5-13(12)23-15;/h2-5H,6-11H2,1H3,(H,16,20);1H.